The van der Waals surface area contributed by atoms with E-state index < -0.39 is 0 Å². The lowest BCUT2D eigenvalue weighted by molar-refractivity contribution is 0.207. The molecule has 2 aliphatic rings. The number of hydrazine groups is 1. The van der Waals surface area contributed by atoms with Crippen LogP contribution in [0.3, 0.4) is 0 Å². The minimum absolute atomic E-state index is 0.289. The number of nitrogens with zero attached hydrogens (tertiary/aromatic N) is 5. The molecule has 2 fully saturated rings. The van der Waals surface area contributed by atoms with Crippen molar-refractivity contribution in [3.05, 3.63) is 11.6 Å². The van der Waals surface area contributed by atoms with Gasteiger partial charge >= 0.3 is 0 Å². The highest BCUT2D eigenvalue weighted by atomic mass is 35.5. The standard InChI is InChI=1S/C19H29ClN6/c1-2-3-6-14-9-11-25(12-10-14)24-17-16-18(23-19(20)22-17)26(13-21-16)15-7-4-5-8-15/h13-15H,2-12H2,1H3,(H,22,23,24). The third-order valence-corrected chi connectivity index (χ3v) is 6.13. The number of nitrogens with one attached hydrogen (secondary N) is 1. The predicted molar refractivity (Wildman–Crippen MR) is 105 cm³/mol. The van der Waals surface area contributed by atoms with Crippen molar-refractivity contribution in [1.82, 2.24) is 24.5 Å². The lowest BCUT2D eigenvalue weighted by atomic mass is 9.92. The van der Waals surface area contributed by atoms with E-state index >= 15 is 0 Å². The number of halogens is 1. The molecule has 2 aromatic rings. The van der Waals surface area contributed by atoms with E-state index in [9.17, 15) is 0 Å². The SMILES string of the molecule is CCCCC1CCN(Nc2nc(Cl)nc3c2ncn3C2CCCC2)CC1. The summed E-state index contributed by atoms with van der Waals surface area (Å²) in [5.74, 6) is 1.60. The van der Waals surface area contributed by atoms with Gasteiger partial charge in [0.2, 0.25) is 5.28 Å². The number of hydrogen-bond acceptors (Lipinski definition) is 5. The van der Waals surface area contributed by atoms with Gasteiger partial charge in [-0.1, -0.05) is 39.0 Å². The average Bonchev–Trinajstić information content (AvgIpc) is 3.30. The van der Waals surface area contributed by atoms with Gasteiger partial charge in [0.15, 0.2) is 17.0 Å². The van der Waals surface area contributed by atoms with E-state index in [4.69, 9.17) is 11.6 Å². The minimum Gasteiger partial charge on any atom is -0.312 e. The molecule has 0 unspecified atom stereocenters. The number of anilines is 1. The molecule has 1 saturated carbocycles. The molecule has 1 N–H and O–H groups in total. The zero-order valence-corrected chi connectivity index (χ0v) is 16.4. The smallest absolute Gasteiger partial charge is 0.226 e. The van der Waals surface area contributed by atoms with E-state index in [1.165, 1.54) is 57.8 Å². The minimum atomic E-state index is 0.289. The summed E-state index contributed by atoms with van der Waals surface area (Å²) in [7, 11) is 0. The largest absolute Gasteiger partial charge is 0.312 e. The molecule has 142 valence electrons. The first kappa shape index (κ1) is 18.0. The Hall–Kier alpha value is -1.40. The van der Waals surface area contributed by atoms with Crippen LogP contribution >= 0.6 is 11.6 Å². The third kappa shape index (κ3) is 3.81. The fraction of sp³-hybridized carbons (Fsp3) is 0.737. The summed E-state index contributed by atoms with van der Waals surface area (Å²) >= 11 is 6.24. The molecular weight excluding hydrogens is 348 g/mol. The van der Waals surface area contributed by atoms with E-state index in [1.807, 2.05) is 6.33 Å². The molecule has 26 heavy (non-hydrogen) atoms. The molecule has 1 saturated heterocycles. The number of fused-ring (bicyclic) bond motifs is 1. The molecule has 0 spiro atoms. The highest BCUT2D eigenvalue weighted by Gasteiger charge is 2.23. The van der Waals surface area contributed by atoms with Crippen LogP contribution in [0.2, 0.25) is 5.28 Å². The van der Waals surface area contributed by atoms with Gasteiger partial charge in [0.1, 0.15) is 0 Å². The summed E-state index contributed by atoms with van der Waals surface area (Å²) in [5, 5.41) is 2.55. The average molecular weight is 377 g/mol. The van der Waals surface area contributed by atoms with Gasteiger partial charge < -0.3 is 9.99 Å². The van der Waals surface area contributed by atoms with E-state index in [2.05, 4.69) is 36.9 Å². The van der Waals surface area contributed by atoms with Gasteiger partial charge in [-0.3, -0.25) is 0 Å². The fourth-order valence-electron chi connectivity index (χ4n) is 4.39. The predicted octanol–water partition coefficient (Wildman–Crippen LogP) is 4.82. The molecule has 4 rings (SSSR count). The van der Waals surface area contributed by atoms with Gasteiger partial charge in [-0.25, -0.2) is 9.99 Å². The Morgan fingerprint density at radius 3 is 2.65 bits per heavy atom. The topological polar surface area (TPSA) is 58.9 Å². The van der Waals surface area contributed by atoms with Crippen molar-refractivity contribution in [1.29, 1.82) is 0 Å². The molecule has 2 aromatic heterocycles. The summed E-state index contributed by atoms with van der Waals surface area (Å²) in [5.41, 5.74) is 5.15. The second-order valence-electron chi connectivity index (χ2n) is 7.79. The third-order valence-electron chi connectivity index (χ3n) is 5.96. The molecule has 7 heteroatoms. The van der Waals surface area contributed by atoms with E-state index in [0.29, 0.717) is 6.04 Å². The molecule has 0 amide bonds. The van der Waals surface area contributed by atoms with E-state index in [1.54, 1.807) is 0 Å². The first-order chi connectivity index (χ1) is 12.7. The summed E-state index contributed by atoms with van der Waals surface area (Å²) in [4.78, 5) is 13.5. The summed E-state index contributed by atoms with van der Waals surface area (Å²) in [6.45, 7) is 4.35. The van der Waals surface area contributed by atoms with Crippen LogP contribution in [0.15, 0.2) is 6.33 Å². The maximum Gasteiger partial charge on any atom is 0.226 e. The lowest BCUT2D eigenvalue weighted by Gasteiger charge is -2.32. The van der Waals surface area contributed by atoms with Crippen molar-refractivity contribution in [2.24, 2.45) is 5.92 Å². The van der Waals surface area contributed by atoms with Crippen molar-refractivity contribution in [2.75, 3.05) is 18.5 Å². The monoisotopic (exact) mass is 376 g/mol. The van der Waals surface area contributed by atoms with E-state index in [-0.39, 0.29) is 5.28 Å². The van der Waals surface area contributed by atoms with Crippen LogP contribution in [0.25, 0.3) is 11.2 Å². The van der Waals surface area contributed by atoms with Crippen LogP contribution in [0, 0.1) is 5.92 Å². The van der Waals surface area contributed by atoms with Crippen molar-refractivity contribution >= 4 is 28.6 Å². The van der Waals surface area contributed by atoms with Gasteiger partial charge in [-0.15, -0.1) is 0 Å². The molecule has 1 aliphatic carbocycles. The van der Waals surface area contributed by atoms with Crippen molar-refractivity contribution in [3.63, 3.8) is 0 Å². The van der Waals surface area contributed by atoms with Crippen LogP contribution < -0.4 is 5.43 Å². The number of imidazole rings is 1. The second-order valence-corrected chi connectivity index (χ2v) is 8.13. The number of unbranched alkanes of at least 4 members (excludes halogenated alkanes) is 1. The lowest BCUT2D eigenvalue weighted by Crippen LogP contribution is -2.38. The zero-order chi connectivity index (χ0) is 17.9. The van der Waals surface area contributed by atoms with Crippen LogP contribution in [0.5, 0.6) is 0 Å². The summed E-state index contributed by atoms with van der Waals surface area (Å²) < 4.78 is 2.19. The molecule has 0 atom stereocenters. The number of rotatable bonds is 6. The van der Waals surface area contributed by atoms with Gasteiger partial charge in [-0.2, -0.15) is 9.97 Å². The highest BCUT2D eigenvalue weighted by Crippen LogP contribution is 2.33. The maximum absolute atomic E-state index is 6.24. The first-order valence-electron chi connectivity index (χ1n) is 10.2. The van der Waals surface area contributed by atoms with Gasteiger partial charge in [0, 0.05) is 19.1 Å². The zero-order valence-electron chi connectivity index (χ0n) is 15.6. The molecule has 6 nitrogen and oxygen atoms in total. The normalized spacial score (nSPS) is 20.2. The molecule has 0 radical (unpaired) electrons. The Labute approximate surface area is 160 Å². The van der Waals surface area contributed by atoms with Gasteiger partial charge in [-0.05, 0) is 43.2 Å². The maximum atomic E-state index is 6.24. The molecule has 1 aliphatic heterocycles. The number of hydrogen-bond donors (Lipinski definition) is 1. The Morgan fingerprint density at radius 2 is 1.92 bits per heavy atom. The first-order valence-corrected chi connectivity index (χ1v) is 10.5. The highest BCUT2D eigenvalue weighted by molar-refractivity contribution is 6.28. The van der Waals surface area contributed by atoms with Gasteiger partial charge in [0.05, 0.1) is 6.33 Å². The Morgan fingerprint density at radius 1 is 1.15 bits per heavy atom. The van der Waals surface area contributed by atoms with Gasteiger partial charge in [0.25, 0.3) is 0 Å². The molecule has 0 aromatic carbocycles. The Bertz CT molecular complexity index is 731. The summed E-state index contributed by atoms with van der Waals surface area (Å²) in [6, 6.07) is 0.494. The Kier molecular flexibility index (Phi) is 5.60. The summed E-state index contributed by atoms with van der Waals surface area (Å²) in [6.07, 6.45) is 13.3. The van der Waals surface area contributed by atoms with Crippen LogP contribution in [-0.2, 0) is 0 Å². The van der Waals surface area contributed by atoms with Crippen molar-refractivity contribution in [3.8, 4) is 0 Å². The van der Waals surface area contributed by atoms with E-state index in [0.717, 1.165) is 36.0 Å². The van der Waals surface area contributed by atoms with Crippen molar-refractivity contribution < 1.29 is 0 Å². The number of aromatic nitrogens is 4. The quantitative estimate of drug-likeness (QED) is 0.732. The fourth-order valence-corrected chi connectivity index (χ4v) is 4.56. The van der Waals surface area contributed by atoms with Crippen LogP contribution in [0.4, 0.5) is 5.82 Å². The number of piperidine rings is 1. The van der Waals surface area contributed by atoms with Crippen LogP contribution in [-0.4, -0.2) is 37.6 Å². The molecule has 0 bridgehead atoms. The van der Waals surface area contributed by atoms with Crippen LogP contribution in [0.1, 0.15) is 70.8 Å². The Balaban J connectivity index is 1.48. The molecular formula is C19H29ClN6. The second kappa shape index (κ2) is 8.09. The van der Waals surface area contributed by atoms with Crippen molar-refractivity contribution in [2.45, 2.75) is 70.8 Å². The molecule has 3 heterocycles.